The van der Waals surface area contributed by atoms with Crippen molar-refractivity contribution in [3.05, 3.63) is 46.1 Å². The summed E-state index contributed by atoms with van der Waals surface area (Å²) in [6.45, 7) is 6.24. The molecule has 1 aromatic heterocycles. The van der Waals surface area contributed by atoms with E-state index < -0.39 is 9.84 Å². The summed E-state index contributed by atoms with van der Waals surface area (Å²) in [6.07, 6.45) is 1.35. The first kappa shape index (κ1) is 17.9. The van der Waals surface area contributed by atoms with Crippen molar-refractivity contribution in [1.82, 2.24) is 4.57 Å². The number of aryl methyl sites for hydroxylation is 1. The molecule has 2 rings (SSSR count). The maximum atomic E-state index is 12.4. The zero-order valence-electron chi connectivity index (χ0n) is 13.8. The molecule has 0 bridgehead atoms. The molecule has 1 aromatic carbocycles. The summed E-state index contributed by atoms with van der Waals surface area (Å²) in [5.74, 6) is 0.473. The van der Waals surface area contributed by atoms with Crippen LogP contribution >= 0.6 is 11.6 Å². The Labute approximate surface area is 143 Å². The van der Waals surface area contributed by atoms with Gasteiger partial charge in [0, 0.05) is 17.3 Å². The highest BCUT2D eigenvalue weighted by molar-refractivity contribution is 7.91. The molecule has 0 spiro atoms. The second-order valence-electron chi connectivity index (χ2n) is 5.77. The number of anilines is 1. The Bertz CT molecular complexity index is 793. The van der Waals surface area contributed by atoms with Crippen molar-refractivity contribution >= 4 is 27.3 Å². The van der Waals surface area contributed by atoms with Gasteiger partial charge in [0.1, 0.15) is 10.7 Å². The number of rotatable bonds is 6. The van der Waals surface area contributed by atoms with E-state index >= 15 is 0 Å². The van der Waals surface area contributed by atoms with Crippen LogP contribution in [0, 0.1) is 13.8 Å². The highest BCUT2D eigenvalue weighted by Crippen LogP contribution is 2.30. The number of benzene rings is 1. The lowest BCUT2D eigenvalue weighted by atomic mass is 10.1. The van der Waals surface area contributed by atoms with Crippen LogP contribution in [0.25, 0.3) is 0 Å². The first-order valence-electron chi connectivity index (χ1n) is 7.70. The molecule has 4 nitrogen and oxygen atoms in total. The topological polar surface area (TPSA) is 65.1 Å². The lowest BCUT2D eigenvalue weighted by Crippen LogP contribution is -2.11. The third-order valence-corrected chi connectivity index (χ3v) is 6.47. The molecule has 0 amide bonds. The van der Waals surface area contributed by atoms with E-state index in [2.05, 4.69) is 0 Å². The van der Waals surface area contributed by atoms with E-state index in [4.69, 9.17) is 17.3 Å². The van der Waals surface area contributed by atoms with Gasteiger partial charge in [-0.25, -0.2) is 8.42 Å². The molecule has 6 heteroatoms. The molecule has 0 atom stereocenters. The number of hydrogen-bond acceptors (Lipinski definition) is 3. The number of nitrogens with zero attached hydrogens (tertiary/aromatic N) is 1. The Hall–Kier alpha value is -1.46. The molecule has 2 N–H and O–H groups in total. The van der Waals surface area contributed by atoms with Crippen LogP contribution < -0.4 is 5.73 Å². The van der Waals surface area contributed by atoms with Gasteiger partial charge in [0.25, 0.3) is 0 Å². The number of aromatic nitrogens is 1. The van der Waals surface area contributed by atoms with E-state index in [9.17, 15) is 8.42 Å². The quantitative estimate of drug-likeness (QED) is 0.858. The van der Waals surface area contributed by atoms with Gasteiger partial charge in [0.15, 0.2) is 9.84 Å². The minimum atomic E-state index is -3.33. The monoisotopic (exact) mass is 354 g/mol. The van der Waals surface area contributed by atoms with Crippen molar-refractivity contribution in [3.8, 4) is 0 Å². The van der Waals surface area contributed by atoms with E-state index in [0.29, 0.717) is 28.7 Å². The Morgan fingerprint density at radius 3 is 2.35 bits per heavy atom. The molecule has 0 fully saturated rings. The highest BCUT2D eigenvalue weighted by atomic mass is 35.5. The maximum Gasteiger partial charge on any atom is 0.182 e. The summed E-state index contributed by atoms with van der Waals surface area (Å²) < 4.78 is 26.8. The zero-order valence-corrected chi connectivity index (χ0v) is 15.3. The van der Waals surface area contributed by atoms with Crippen LogP contribution in [0.3, 0.4) is 0 Å². The molecule has 0 aliphatic heterocycles. The fourth-order valence-electron chi connectivity index (χ4n) is 2.81. The molecule has 0 unspecified atom stereocenters. The predicted octanol–water partition coefficient (Wildman–Crippen LogP) is 3.77. The van der Waals surface area contributed by atoms with Gasteiger partial charge in [-0.15, -0.1) is 0 Å². The van der Waals surface area contributed by atoms with Gasteiger partial charge in [-0.05, 0) is 49.9 Å². The van der Waals surface area contributed by atoms with E-state index in [-0.39, 0.29) is 5.75 Å². The van der Waals surface area contributed by atoms with Crippen LogP contribution in [0.4, 0.5) is 5.82 Å². The highest BCUT2D eigenvalue weighted by Gasteiger charge is 2.25. The Balaban J connectivity index is 2.32. The third-order valence-electron chi connectivity index (χ3n) is 4.13. The summed E-state index contributed by atoms with van der Waals surface area (Å²) in [5.41, 5.74) is 8.97. The molecule has 0 radical (unpaired) electrons. The van der Waals surface area contributed by atoms with E-state index in [1.807, 2.05) is 49.6 Å². The Kier molecular flexibility index (Phi) is 5.42. The van der Waals surface area contributed by atoms with Crippen molar-refractivity contribution in [3.63, 3.8) is 0 Å². The molecule has 0 saturated carbocycles. The van der Waals surface area contributed by atoms with E-state index in [1.54, 1.807) is 0 Å². The zero-order chi connectivity index (χ0) is 17.2. The van der Waals surface area contributed by atoms with Crippen LogP contribution in [-0.2, 0) is 22.8 Å². The number of nitrogen functional groups attached to an aromatic ring is 1. The van der Waals surface area contributed by atoms with Crippen LogP contribution in [0.5, 0.6) is 0 Å². The van der Waals surface area contributed by atoms with Crippen molar-refractivity contribution in [2.45, 2.75) is 45.1 Å². The normalized spacial score (nSPS) is 11.8. The van der Waals surface area contributed by atoms with Crippen molar-refractivity contribution in [2.75, 3.05) is 11.5 Å². The smallest absolute Gasteiger partial charge is 0.182 e. The van der Waals surface area contributed by atoms with Gasteiger partial charge in [-0.2, -0.15) is 0 Å². The van der Waals surface area contributed by atoms with Gasteiger partial charge >= 0.3 is 0 Å². The largest absolute Gasteiger partial charge is 0.384 e. The van der Waals surface area contributed by atoms with Crippen molar-refractivity contribution in [1.29, 1.82) is 0 Å². The molecule has 0 aliphatic carbocycles. The van der Waals surface area contributed by atoms with Crippen LogP contribution in [0.1, 0.15) is 30.2 Å². The molecular formula is C17H23ClN2O2S. The third kappa shape index (κ3) is 3.72. The first-order chi connectivity index (χ1) is 10.8. The first-order valence-corrected chi connectivity index (χ1v) is 9.73. The summed E-state index contributed by atoms with van der Waals surface area (Å²) in [7, 11) is -3.33. The molecule has 2 aromatic rings. The average Bonchev–Trinajstić information content (AvgIpc) is 2.69. The van der Waals surface area contributed by atoms with Crippen LogP contribution in [-0.4, -0.2) is 18.7 Å². The Morgan fingerprint density at radius 2 is 1.78 bits per heavy atom. The molecule has 0 aliphatic rings. The SMILES string of the molecule is CCCS(=O)(=O)c1c(C)c(C)n(CCc2ccc(Cl)cc2)c1N. The molecule has 0 saturated heterocycles. The summed E-state index contributed by atoms with van der Waals surface area (Å²) in [6, 6.07) is 7.65. The van der Waals surface area contributed by atoms with E-state index in [1.165, 1.54) is 0 Å². The van der Waals surface area contributed by atoms with Crippen LogP contribution in [0.15, 0.2) is 29.2 Å². The second kappa shape index (κ2) is 6.97. The maximum absolute atomic E-state index is 12.4. The van der Waals surface area contributed by atoms with Gasteiger partial charge in [0.2, 0.25) is 0 Å². The van der Waals surface area contributed by atoms with Crippen LogP contribution in [0.2, 0.25) is 5.02 Å². The Morgan fingerprint density at radius 1 is 1.17 bits per heavy atom. The molecular weight excluding hydrogens is 332 g/mol. The predicted molar refractivity (Wildman–Crippen MR) is 95.8 cm³/mol. The van der Waals surface area contributed by atoms with Gasteiger partial charge < -0.3 is 10.3 Å². The minimum absolute atomic E-state index is 0.124. The fraction of sp³-hybridized carbons (Fsp3) is 0.412. The molecule has 23 heavy (non-hydrogen) atoms. The fourth-order valence-corrected chi connectivity index (χ4v) is 4.72. The molecule has 126 valence electrons. The van der Waals surface area contributed by atoms with E-state index in [0.717, 1.165) is 23.2 Å². The summed E-state index contributed by atoms with van der Waals surface area (Å²) >= 11 is 5.89. The minimum Gasteiger partial charge on any atom is -0.384 e. The van der Waals surface area contributed by atoms with Gasteiger partial charge in [-0.1, -0.05) is 30.7 Å². The summed E-state index contributed by atoms with van der Waals surface area (Å²) in [5, 5.41) is 0.703. The second-order valence-corrected chi connectivity index (χ2v) is 8.25. The number of halogens is 1. The average molecular weight is 355 g/mol. The number of hydrogen-bond donors (Lipinski definition) is 1. The number of nitrogens with two attached hydrogens (primary N) is 1. The molecule has 1 heterocycles. The van der Waals surface area contributed by atoms with Crippen molar-refractivity contribution in [2.24, 2.45) is 0 Å². The number of sulfone groups is 1. The lowest BCUT2D eigenvalue weighted by molar-refractivity contribution is 0.594. The van der Waals surface area contributed by atoms with Crippen molar-refractivity contribution < 1.29 is 8.42 Å². The van der Waals surface area contributed by atoms with Gasteiger partial charge in [-0.3, -0.25) is 0 Å². The summed E-state index contributed by atoms with van der Waals surface area (Å²) in [4.78, 5) is 0.299. The standard InChI is InChI=1S/C17H23ClN2O2S/c1-4-11-23(21,22)16-12(2)13(3)20(17(16)19)10-9-14-5-7-15(18)8-6-14/h5-8H,4,9-11,19H2,1-3H3. The van der Waals surface area contributed by atoms with Gasteiger partial charge in [0.05, 0.1) is 5.75 Å². The lowest BCUT2D eigenvalue weighted by Gasteiger charge is -2.10.